The van der Waals surface area contributed by atoms with Gasteiger partial charge in [-0.3, -0.25) is 9.69 Å². The highest BCUT2D eigenvalue weighted by atomic mass is 32.1. The molecule has 6 nitrogen and oxygen atoms in total. The predicted octanol–water partition coefficient (Wildman–Crippen LogP) is 0.921. The lowest BCUT2D eigenvalue weighted by Crippen LogP contribution is -2.50. The van der Waals surface area contributed by atoms with E-state index in [1.165, 1.54) is 10.4 Å². The zero-order valence-corrected chi connectivity index (χ0v) is 14.1. The van der Waals surface area contributed by atoms with Gasteiger partial charge in [0.05, 0.1) is 0 Å². The van der Waals surface area contributed by atoms with Gasteiger partial charge in [0.25, 0.3) is 0 Å². The van der Waals surface area contributed by atoms with Crippen molar-refractivity contribution >= 4 is 24.4 Å². The lowest BCUT2D eigenvalue weighted by molar-refractivity contribution is -0.144. The molecule has 0 spiro atoms. The molecule has 1 aliphatic heterocycles. The number of nitrogens with zero attached hydrogens (tertiary/aromatic N) is 1. The van der Waals surface area contributed by atoms with Crippen LogP contribution in [0.2, 0.25) is 6.32 Å². The Balaban J connectivity index is 1.81. The molecule has 0 aromatic carbocycles. The predicted molar refractivity (Wildman–Crippen MR) is 91.3 cm³/mol. The van der Waals surface area contributed by atoms with E-state index in [4.69, 9.17) is 15.8 Å². The molecule has 8 heteroatoms. The number of thiophene rings is 1. The average Bonchev–Trinajstić information content (AvgIpc) is 2.97. The standard InChI is InChI=1S/C15H25BN2O4S/c17-15(14(19)20,5-1-2-7-16(21)22)6-9-18-8-3-12-4-10-23-13(12)11-18/h4,10,21-22H,1-3,5-9,11,17H2,(H,19,20). The summed E-state index contributed by atoms with van der Waals surface area (Å²) in [6, 6.07) is 2.16. The maximum absolute atomic E-state index is 11.5. The van der Waals surface area contributed by atoms with Crippen molar-refractivity contribution in [2.45, 2.75) is 50.5 Å². The van der Waals surface area contributed by atoms with Crippen LogP contribution in [0.15, 0.2) is 11.4 Å². The maximum Gasteiger partial charge on any atom is 0.451 e. The molecule has 23 heavy (non-hydrogen) atoms. The number of hydrogen-bond acceptors (Lipinski definition) is 6. The molecule has 1 atom stereocenters. The molecule has 0 radical (unpaired) electrons. The molecule has 1 aromatic rings. The van der Waals surface area contributed by atoms with Crippen molar-refractivity contribution in [3.63, 3.8) is 0 Å². The van der Waals surface area contributed by atoms with Crippen molar-refractivity contribution in [1.29, 1.82) is 0 Å². The number of carbonyl (C=O) groups is 1. The summed E-state index contributed by atoms with van der Waals surface area (Å²) in [4.78, 5) is 15.2. The Kier molecular flexibility index (Phi) is 6.61. The number of nitrogens with two attached hydrogens (primary N) is 1. The van der Waals surface area contributed by atoms with Gasteiger partial charge in [0.1, 0.15) is 5.54 Å². The maximum atomic E-state index is 11.5. The zero-order valence-electron chi connectivity index (χ0n) is 13.3. The van der Waals surface area contributed by atoms with E-state index in [1.807, 2.05) is 0 Å². The zero-order chi connectivity index (χ0) is 16.9. The van der Waals surface area contributed by atoms with Crippen molar-refractivity contribution in [3.05, 3.63) is 21.9 Å². The minimum absolute atomic E-state index is 0.253. The minimum atomic E-state index is -1.33. The number of carboxylic acids is 1. The Labute approximate surface area is 141 Å². The lowest BCUT2D eigenvalue weighted by atomic mass is 9.81. The second kappa shape index (κ2) is 8.26. The van der Waals surface area contributed by atoms with Gasteiger partial charge in [0.15, 0.2) is 0 Å². The summed E-state index contributed by atoms with van der Waals surface area (Å²) in [5, 5.41) is 29.2. The van der Waals surface area contributed by atoms with E-state index in [2.05, 4.69) is 16.3 Å². The van der Waals surface area contributed by atoms with Gasteiger partial charge in [-0.25, -0.2) is 0 Å². The van der Waals surface area contributed by atoms with Crippen LogP contribution in [0.25, 0.3) is 0 Å². The van der Waals surface area contributed by atoms with Crippen LogP contribution in [-0.2, 0) is 17.8 Å². The third-order valence-electron chi connectivity index (χ3n) is 4.54. The highest BCUT2D eigenvalue weighted by Crippen LogP contribution is 2.25. The van der Waals surface area contributed by atoms with Gasteiger partial charge in [-0.05, 0) is 42.6 Å². The van der Waals surface area contributed by atoms with E-state index < -0.39 is 18.6 Å². The van der Waals surface area contributed by atoms with Crippen LogP contribution in [0.1, 0.15) is 36.1 Å². The van der Waals surface area contributed by atoms with Gasteiger partial charge in [-0.1, -0.05) is 12.8 Å². The van der Waals surface area contributed by atoms with Crippen LogP contribution in [0.3, 0.4) is 0 Å². The van der Waals surface area contributed by atoms with E-state index in [9.17, 15) is 9.90 Å². The van der Waals surface area contributed by atoms with E-state index in [1.54, 1.807) is 11.3 Å². The van der Waals surface area contributed by atoms with Gasteiger partial charge in [-0.15, -0.1) is 11.3 Å². The molecule has 128 valence electrons. The van der Waals surface area contributed by atoms with Crippen molar-refractivity contribution < 1.29 is 19.9 Å². The third-order valence-corrected chi connectivity index (χ3v) is 5.49. The summed E-state index contributed by atoms with van der Waals surface area (Å²) < 4.78 is 0. The Morgan fingerprint density at radius 3 is 2.87 bits per heavy atom. The fraction of sp³-hybridized carbons (Fsp3) is 0.667. The first kappa shape index (κ1) is 18.4. The Morgan fingerprint density at radius 2 is 2.17 bits per heavy atom. The molecular formula is C15H25BN2O4S. The highest BCUT2D eigenvalue weighted by molar-refractivity contribution is 7.10. The van der Waals surface area contributed by atoms with E-state index in [-0.39, 0.29) is 6.32 Å². The average molecular weight is 340 g/mol. The number of fused-ring (bicyclic) bond motifs is 1. The first-order valence-corrected chi connectivity index (χ1v) is 8.95. The van der Waals surface area contributed by atoms with Gasteiger partial charge in [0, 0.05) is 24.5 Å². The van der Waals surface area contributed by atoms with Gasteiger partial charge < -0.3 is 20.9 Å². The van der Waals surface area contributed by atoms with Crippen LogP contribution >= 0.6 is 11.3 Å². The molecular weight excluding hydrogens is 315 g/mol. The largest absolute Gasteiger partial charge is 0.480 e. The number of unbranched alkanes of at least 4 members (excludes halogenated alkanes) is 1. The van der Waals surface area contributed by atoms with E-state index in [0.29, 0.717) is 32.2 Å². The SMILES string of the molecule is NC(CCCCB(O)O)(CCN1CCc2ccsc2C1)C(=O)O. The summed E-state index contributed by atoms with van der Waals surface area (Å²) in [5.41, 5.74) is 6.27. The van der Waals surface area contributed by atoms with Crippen molar-refractivity contribution in [2.24, 2.45) is 5.73 Å². The Morgan fingerprint density at radius 1 is 1.39 bits per heavy atom. The summed E-state index contributed by atoms with van der Waals surface area (Å²) in [5.74, 6) is -0.976. The first-order valence-electron chi connectivity index (χ1n) is 8.07. The number of carboxylic acid groups (broad SMARTS) is 1. The van der Waals surface area contributed by atoms with Gasteiger partial charge >= 0.3 is 13.1 Å². The van der Waals surface area contributed by atoms with Crippen LogP contribution in [0.5, 0.6) is 0 Å². The van der Waals surface area contributed by atoms with Crippen molar-refractivity contribution in [2.75, 3.05) is 13.1 Å². The molecule has 0 amide bonds. The van der Waals surface area contributed by atoms with Crippen molar-refractivity contribution in [1.82, 2.24) is 4.90 Å². The highest BCUT2D eigenvalue weighted by Gasteiger charge is 2.34. The van der Waals surface area contributed by atoms with Gasteiger partial charge in [-0.2, -0.15) is 0 Å². The van der Waals surface area contributed by atoms with Crippen LogP contribution in [-0.4, -0.2) is 51.8 Å². The Hall–Kier alpha value is -0.925. The fourth-order valence-corrected chi connectivity index (χ4v) is 3.92. The molecule has 1 unspecified atom stereocenters. The Bertz CT molecular complexity index is 525. The summed E-state index contributed by atoms with van der Waals surface area (Å²) in [7, 11) is -1.33. The molecule has 2 heterocycles. The second-order valence-electron chi connectivity index (χ2n) is 6.33. The van der Waals surface area contributed by atoms with Crippen LogP contribution < -0.4 is 5.73 Å². The smallest absolute Gasteiger partial charge is 0.451 e. The lowest BCUT2D eigenvalue weighted by Gasteiger charge is -2.31. The molecule has 0 fully saturated rings. The molecule has 1 aliphatic rings. The fourth-order valence-electron chi connectivity index (χ4n) is 2.94. The van der Waals surface area contributed by atoms with Crippen LogP contribution in [0, 0.1) is 0 Å². The van der Waals surface area contributed by atoms with Gasteiger partial charge in [0.2, 0.25) is 0 Å². The molecule has 0 bridgehead atoms. The normalized spacial score (nSPS) is 17.5. The summed E-state index contributed by atoms with van der Waals surface area (Å²) in [6.07, 6.45) is 3.17. The third kappa shape index (κ3) is 5.29. The van der Waals surface area contributed by atoms with Crippen LogP contribution in [0.4, 0.5) is 0 Å². The van der Waals surface area contributed by atoms with Crippen molar-refractivity contribution in [3.8, 4) is 0 Å². The number of rotatable bonds is 9. The molecule has 2 rings (SSSR count). The topological polar surface area (TPSA) is 107 Å². The molecule has 5 N–H and O–H groups in total. The first-order chi connectivity index (χ1) is 10.9. The quantitative estimate of drug-likeness (QED) is 0.393. The monoisotopic (exact) mass is 340 g/mol. The molecule has 0 saturated heterocycles. The summed E-state index contributed by atoms with van der Waals surface area (Å²) >= 11 is 1.75. The van der Waals surface area contributed by atoms with E-state index >= 15 is 0 Å². The second-order valence-corrected chi connectivity index (χ2v) is 7.33. The number of hydrogen-bond donors (Lipinski definition) is 4. The molecule has 0 aliphatic carbocycles. The number of aliphatic carboxylic acids is 1. The minimum Gasteiger partial charge on any atom is -0.480 e. The van der Waals surface area contributed by atoms with E-state index in [0.717, 1.165) is 19.5 Å². The summed E-state index contributed by atoms with van der Waals surface area (Å²) in [6.45, 7) is 2.48. The molecule has 1 aromatic heterocycles. The molecule has 0 saturated carbocycles.